The Hall–Kier alpha value is -3.36. The predicted octanol–water partition coefficient (Wildman–Crippen LogP) is 2.52. The highest BCUT2D eigenvalue weighted by Gasteiger charge is 2.39. The molecule has 1 aromatic carbocycles. The standard InChI is InChI=1S/C25H35N5O4/c1-5-7-12-28-22(26)21(23(32)27-25(28)34)30(14-16(3)4)24(33)18-13-20(31)29(15-18)19-10-8-17(6-2)9-11-19/h8-11,16,18H,5-7,12-15,26H2,1-4H3,(H,27,32,34)/t18-/m0/s1. The zero-order valence-electron chi connectivity index (χ0n) is 20.5. The molecule has 1 aliphatic rings. The Morgan fingerprint density at radius 3 is 2.44 bits per heavy atom. The average Bonchev–Trinajstić information content (AvgIpc) is 3.19. The number of nitrogen functional groups attached to an aromatic ring is 1. The van der Waals surface area contributed by atoms with E-state index >= 15 is 0 Å². The third-order valence-corrected chi connectivity index (χ3v) is 6.16. The Balaban J connectivity index is 1.94. The summed E-state index contributed by atoms with van der Waals surface area (Å²) in [4.78, 5) is 56.9. The molecule has 0 spiro atoms. The van der Waals surface area contributed by atoms with Crippen molar-refractivity contribution in [3.05, 3.63) is 50.7 Å². The van der Waals surface area contributed by atoms with Crippen LogP contribution in [0, 0.1) is 11.8 Å². The second kappa shape index (κ2) is 10.7. The molecule has 1 aliphatic heterocycles. The molecule has 1 saturated heterocycles. The minimum Gasteiger partial charge on any atom is -0.383 e. The number of carbonyl (C=O) groups excluding carboxylic acids is 2. The van der Waals surface area contributed by atoms with Crippen LogP contribution in [-0.2, 0) is 22.6 Å². The van der Waals surface area contributed by atoms with Crippen LogP contribution in [0.3, 0.4) is 0 Å². The summed E-state index contributed by atoms with van der Waals surface area (Å²) in [5, 5.41) is 0. The van der Waals surface area contributed by atoms with Gasteiger partial charge in [-0.25, -0.2) is 4.79 Å². The van der Waals surface area contributed by atoms with Gasteiger partial charge in [0, 0.05) is 31.7 Å². The van der Waals surface area contributed by atoms with Gasteiger partial charge in [0.1, 0.15) is 5.82 Å². The van der Waals surface area contributed by atoms with Crippen LogP contribution < -0.4 is 26.8 Å². The van der Waals surface area contributed by atoms with Crippen molar-refractivity contribution in [2.75, 3.05) is 28.6 Å². The summed E-state index contributed by atoms with van der Waals surface area (Å²) in [6.07, 6.45) is 2.50. The van der Waals surface area contributed by atoms with Crippen molar-refractivity contribution < 1.29 is 9.59 Å². The van der Waals surface area contributed by atoms with Crippen molar-refractivity contribution in [1.29, 1.82) is 0 Å². The van der Waals surface area contributed by atoms with Gasteiger partial charge in [0.25, 0.3) is 5.56 Å². The van der Waals surface area contributed by atoms with Crippen LogP contribution in [0.4, 0.5) is 17.2 Å². The summed E-state index contributed by atoms with van der Waals surface area (Å²) >= 11 is 0. The number of nitrogens with zero attached hydrogens (tertiary/aromatic N) is 3. The van der Waals surface area contributed by atoms with Crippen LogP contribution in [0.15, 0.2) is 33.9 Å². The van der Waals surface area contributed by atoms with Gasteiger partial charge in [-0.05, 0) is 36.5 Å². The highest BCUT2D eigenvalue weighted by molar-refractivity contribution is 6.05. The van der Waals surface area contributed by atoms with Crippen molar-refractivity contribution in [2.24, 2.45) is 11.8 Å². The first-order valence-corrected chi connectivity index (χ1v) is 12.0. The number of nitrogens with one attached hydrogen (secondary N) is 1. The third-order valence-electron chi connectivity index (χ3n) is 6.16. The topological polar surface area (TPSA) is 121 Å². The maximum atomic E-state index is 13.7. The van der Waals surface area contributed by atoms with Gasteiger partial charge in [-0.2, -0.15) is 0 Å². The molecule has 2 heterocycles. The number of unbranched alkanes of at least 4 members (excludes halogenated alkanes) is 1. The van der Waals surface area contributed by atoms with E-state index in [1.807, 2.05) is 45.0 Å². The maximum Gasteiger partial charge on any atom is 0.330 e. The monoisotopic (exact) mass is 469 g/mol. The molecule has 9 nitrogen and oxygen atoms in total. The fourth-order valence-electron chi connectivity index (χ4n) is 4.29. The SMILES string of the molecule is CCCCn1c(N)c(N(CC(C)C)C(=O)[C@H]2CC(=O)N(c3ccc(CC)cc3)C2)c(=O)[nH]c1=O. The molecule has 0 saturated carbocycles. The van der Waals surface area contributed by atoms with Gasteiger partial charge in [0.15, 0.2) is 5.69 Å². The molecule has 2 amide bonds. The number of nitrogens with two attached hydrogens (primary N) is 1. The zero-order chi connectivity index (χ0) is 25.0. The normalized spacial score (nSPS) is 15.9. The van der Waals surface area contributed by atoms with E-state index in [2.05, 4.69) is 11.9 Å². The van der Waals surface area contributed by atoms with E-state index in [1.165, 1.54) is 15.0 Å². The maximum absolute atomic E-state index is 13.7. The summed E-state index contributed by atoms with van der Waals surface area (Å²) in [6, 6.07) is 7.73. The van der Waals surface area contributed by atoms with E-state index in [-0.39, 0.29) is 48.7 Å². The number of rotatable bonds is 9. The third kappa shape index (κ3) is 5.24. The Morgan fingerprint density at radius 1 is 1.18 bits per heavy atom. The van der Waals surface area contributed by atoms with E-state index in [1.54, 1.807) is 4.90 Å². The van der Waals surface area contributed by atoms with E-state index in [9.17, 15) is 19.2 Å². The molecule has 1 aromatic heterocycles. The van der Waals surface area contributed by atoms with Gasteiger partial charge in [-0.15, -0.1) is 0 Å². The van der Waals surface area contributed by atoms with Gasteiger partial charge >= 0.3 is 5.69 Å². The predicted molar refractivity (Wildman–Crippen MR) is 134 cm³/mol. The molecule has 0 bridgehead atoms. The summed E-state index contributed by atoms with van der Waals surface area (Å²) in [5.74, 6) is -1.08. The lowest BCUT2D eigenvalue weighted by Gasteiger charge is -2.28. The van der Waals surface area contributed by atoms with Crippen LogP contribution in [0.1, 0.15) is 52.5 Å². The van der Waals surface area contributed by atoms with Crippen LogP contribution in [0.25, 0.3) is 0 Å². The number of H-pyrrole nitrogens is 1. The van der Waals surface area contributed by atoms with Gasteiger partial charge < -0.3 is 15.5 Å². The van der Waals surface area contributed by atoms with Crippen molar-refractivity contribution in [2.45, 2.75) is 59.9 Å². The molecule has 184 valence electrons. The van der Waals surface area contributed by atoms with Crippen LogP contribution in [0.5, 0.6) is 0 Å². The molecular weight excluding hydrogens is 434 g/mol. The van der Waals surface area contributed by atoms with Crippen molar-refractivity contribution in [3.8, 4) is 0 Å². The highest BCUT2D eigenvalue weighted by Crippen LogP contribution is 2.29. The lowest BCUT2D eigenvalue weighted by atomic mass is 10.1. The Morgan fingerprint density at radius 2 is 1.85 bits per heavy atom. The number of hydrogen-bond acceptors (Lipinski definition) is 5. The molecule has 1 atom stereocenters. The molecule has 3 rings (SSSR count). The van der Waals surface area contributed by atoms with Crippen molar-refractivity contribution in [1.82, 2.24) is 9.55 Å². The number of anilines is 3. The highest BCUT2D eigenvalue weighted by atomic mass is 16.2. The lowest BCUT2D eigenvalue weighted by molar-refractivity contribution is -0.124. The van der Waals surface area contributed by atoms with Gasteiger partial charge in [0.05, 0.1) is 5.92 Å². The summed E-state index contributed by atoms with van der Waals surface area (Å²) in [6.45, 7) is 8.73. The van der Waals surface area contributed by atoms with Gasteiger partial charge in [-0.1, -0.05) is 46.2 Å². The summed E-state index contributed by atoms with van der Waals surface area (Å²) in [7, 11) is 0. The first-order valence-electron chi connectivity index (χ1n) is 12.0. The minimum absolute atomic E-state index is 0.0207. The summed E-state index contributed by atoms with van der Waals surface area (Å²) < 4.78 is 1.31. The molecular formula is C25H35N5O4. The largest absolute Gasteiger partial charge is 0.383 e. The molecule has 3 N–H and O–H groups in total. The number of amides is 2. The minimum atomic E-state index is -0.694. The lowest BCUT2D eigenvalue weighted by Crippen LogP contribution is -2.45. The number of aromatic amines is 1. The number of aryl methyl sites for hydroxylation is 1. The fraction of sp³-hybridized carbons (Fsp3) is 0.520. The number of aromatic nitrogens is 2. The van der Waals surface area contributed by atoms with E-state index in [0.717, 1.165) is 18.5 Å². The molecule has 2 aromatic rings. The summed E-state index contributed by atoms with van der Waals surface area (Å²) in [5.41, 5.74) is 6.89. The van der Waals surface area contributed by atoms with Crippen molar-refractivity contribution in [3.63, 3.8) is 0 Å². The first-order chi connectivity index (χ1) is 16.2. The Bertz CT molecular complexity index is 1150. The molecule has 0 radical (unpaired) electrons. The zero-order valence-corrected chi connectivity index (χ0v) is 20.5. The van der Waals surface area contributed by atoms with E-state index in [0.29, 0.717) is 13.0 Å². The molecule has 1 fully saturated rings. The second-order valence-electron chi connectivity index (χ2n) is 9.27. The number of benzene rings is 1. The molecule has 34 heavy (non-hydrogen) atoms. The quantitative estimate of drug-likeness (QED) is 0.584. The average molecular weight is 470 g/mol. The van der Waals surface area contributed by atoms with Crippen LogP contribution in [-0.4, -0.2) is 34.5 Å². The Kier molecular flexibility index (Phi) is 7.96. The molecule has 0 aliphatic carbocycles. The second-order valence-corrected chi connectivity index (χ2v) is 9.27. The molecule has 9 heteroatoms. The van der Waals surface area contributed by atoms with Gasteiger partial charge in [-0.3, -0.25) is 23.9 Å². The first kappa shape index (κ1) is 25.3. The van der Waals surface area contributed by atoms with Gasteiger partial charge in [0.2, 0.25) is 11.8 Å². The van der Waals surface area contributed by atoms with Crippen LogP contribution >= 0.6 is 0 Å². The molecule has 0 unspecified atom stereocenters. The fourth-order valence-corrected chi connectivity index (χ4v) is 4.29. The van der Waals surface area contributed by atoms with E-state index < -0.39 is 17.2 Å². The number of carbonyl (C=O) groups is 2. The number of hydrogen-bond donors (Lipinski definition) is 2. The Labute approximate surface area is 199 Å². The van der Waals surface area contributed by atoms with Crippen LogP contribution in [0.2, 0.25) is 0 Å². The van der Waals surface area contributed by atoms with Crippen molar-refractivity contribution >= 4 is 29.0 Å². The van der Waals surface area contributed by atoms with E-state index in [4.69, 9.17) is 5.73 Å². The smallest absolute Gasteiger partial charge is 0.330 e.